The zero-order chi connectivity index (χ0) is 23.3. The van der Waals surface area contributed by atoms with E-state index >= 15 is 0 Å². The fourth-order valence-electron chi connectivity index (χ4n) is 3.77. The Morgan fingerprint density at radius 1 is 0.667 bits per heavy atom. The number of carbonyl (C=O) groups excluding carboxylic acids is 1. The van der Waals surface area contributed by atoms with Gasteiger partial charge in [-0.15, -0.1) is 0 Å². The molecule has 4 rings (SSSR count). The van der Waals surface area contributed by atoms with Crippen molar-refractivity contribution in [3.8, 4) is 0 Å². The molecule has 0 aliphatic carbocycles. The number of carbonyl (C=O) groups is 1. The van der Waals surface area contributed by atoms with E-state index in [1.807, 2.05) is 91.0 Å². The van der Waals surface area contributed by atoms with E-state index in [-0.39, 0.29) is 10.5 Å². The minimum atomic E-state index is -4.27. The summed E-state index contributed by atoms with van der Waals surface area (Å²) in [5.74, 6) is -0.621. The standard InChI is InChI=1S/C26H23O5PS/c1-30-26(27)21-12-11-19-25(20-21)33(28,29)31-32(22-13-5-2-6-14-22,23-15-7-3-8-16-23)24-17-9-4-10-18-24/h2-20,32H,1H3. The zero-order valence-electron chi connectivity index (χ0n) is 17.9. The Kier molecular flexibility index (Phi) is 6.70. The van der Waals surface area contributed by atoms with Gasteiger partial charge in [0.05, 0.1) is 0 Å². The number of hydrogen-bond acceptors (Lipinski definition) is 5. The van der Waals surface area contributed by atoms with Crippen molar-refractivity contribution in [1.82, 2.24) is 0 Å². The number of hydrogen-bond donors (Lipinski definition) is 0. The summed E-state index contributed by atoms with van der Waals surface area (Å²) in [5, 5.41) is 2.36. The average molecular weight is 479 g/mol. The maximum absolute atomic E-state index is 13.7. The van der Waals surface area contributed by atoms with Crippen LogP contribution in [0.4, 0.5) is 0 Å². The first-order chi connectivity index (χ1) is 16.0. The summed E-state index contributed by atoms with van der Waals surface area (Å²) in [6, 6.07) is 33.9. The van der Waals surface area contributed by atoms with E-state index in [0.29, 0.717) is 0 Å². The second kappa shape index (κ2) is 9.67. The summed E-state index contributed by atoms with van der Waals surface area (Å²) >= 11 is 0. The van der Waals surface area contributed by atoms with Gasteiger partial charge in [-0.25, -0.2) is 0 Å². The third kappa shape index (κ3) is 4.60. The molecule has 0 aliphatic rings. The van der Waals surface area contributed by atoms with Crippen molar-refractivity contribution in [1.29, 1.82) is 0 Å². The first-order valence-corrected chi connectivity index (χ1v) is 13.6. The Bertz CT molecular complexity index is 1240. The van der Waals surface area contributed by atoms with E-state index in [2.05, 4.69) is 0 Å². The predicted octanol–water partition coefficient (Wildman–Crippen LogP) is 3.82. The summed E-state index contributed by atoms with van der Waals surface area (Å²) in [5.41, 5.74) is 0.133. The van der Waals surface area contributed by atoms with Crippen LogP contribution in [0.25, 0.3) is 0 Å². The minimum absolute atomic E-state index is 0.106. The molecule has 0 radical (unpaired) electrons. The van der Waals surface area contributed by atoms with Crippen molar-refractivity contribution in [2.24, 2.45) is 0 Å². The van der Waals surface area contributed by atoms with Crippen LogP contribution in [0.2, 0.25) is 0 Å². The summed E-state index contributed by atoms with van der Waals surface area (Å²) in [6.07, 6.45) is 0. The Morgan fingerprint density at radius 2 is 1.12 bits per heavy atom. The van der Waals surface area contributed by atoms with Crippen molar-refractivity contribution in [2.45, 2.75) is 4.90 Å². The maximum atomic E-state index is 13.7. The van der Waals surface area contributed by atoms with Crippen LogP contribution in [0.1, 0.15) is 10.4 Å². The van der Waals surface area contributed by atoms with Crippen molar-refractivity contribution in [2.75, 3.05) is 7.11 Å². The van der Waals surface area contributed by atoms with E-state index < -0.39 is 23.6 Å². The number of ether oxygens (including phenoxy) is 1. The van der Waals surface area contributed by atoms with Gasteiger partial charge in [0.2, 0.25) is 0 Å². The normalized spacial score (nSPS) is 12.2. The SMILES string of the molecule is COC(=O)c1cccc(S(=O)(=O)O[PH](c2ccccc2)(c2ccccc2)c2ccccc2)c1. The first-order valence-electron chi connectivity index (χ1n) is 10.3. The third-order valence-corrected chi connectivity index (χ3v) is 11.5. The van der Waals surface area contributed by atoms with Crippen LogP contribution in [0.3, 0.4) is 0 Å². The molecule has 4 aromatic carbocycles. The van der Waals surface area contributed by atoms with Crippen LogP contribution < -0.4 is 15.9 Å². The molecule has 0 spiro atoms. The van der Waals surface area contributed by atoms with Gasteiger partial charge in [-0.05, 0) is 0 Å². The molecule has 0 heterocycles. The first kappa shape index (κ1) is 22.9. The number of methoxy groups -OCH3 is 1. The molecule has 0 saturated heterocycles. The molecule has 0 N–H and O–H groups in total. The second-order valence-electron chi connectivity index (χ2n) is 7.34. The number of benzene rings is 4. The molecule has 0 aromatic heterocycles. The van der Waals surface area contributed by atoms with Gasteiger partial charge in [-0.3, -0.25) is 0 Å². The molecule has 0 unspecified atom stereocenters. The van der Waals surface area contributed by atoms with Crippen molar-refractivity contribution in [3.05, 3.63) is 121 Å². The molecule has 4 aromatic rings. The van der Waals surface area contributed by atoms with Crippen molar-refractivity contribution < 1.29 is 21.9 Å². The van der Waals surface area contributed by atoms with Gasteiger partial charge in [0.15, 0.2) is 0 Å². The summed E-state index contributed by atoms with van der Waals surface area (Å²) in [7, 11) is -6.52. The third-order valence-electron chi connectivity index (χ3n) is 5.32. The summed E-state index contributed by atoms with van der Waals surface area (Å²) in [4.78, 5) is 11.9. The Labute approximate surface area is 194 Å². The average Bonchev–Trinajstić information content (AvgIpc) is 2.88. The summed E-state index contributed by atoms with van der Waals surface area (Å²) < 4.78 is 38.4. The van der Waals surface area contributed by atoms with Crippen LogP contribution in [0.5, 0.6) is 0 Å². The van der Waals surface area contributed by atoms with Gasteiger partial charge in [-0.2, -0.15) is 0 Å². The van der Waals surface area contributed by atoms with Gasteiger partial charge in [0, 0.05) is 0 Å². The predicted molar refractivity (Wildman–Crippen MR) is 133 cm³/mol. The van der Waals surface area contributed by atoms with Crippen LogP contribution >= 0.6 is 7.49 Å². The summed E-state index contributed by atoms with van der Waals surface area (Å²) in [6.45, 7) is 0. The molecule has 33 heavy (non-hydrogen) atoms. The quantitative estimate of drug-likeness (QED) is 0.298. The van der Waals surface area contributed by atoms with Crippen LogP contribution in [0, 0.1) is 0 Å². The second-order valence-corrected chi connectivity index (χ2v) is 12.5. The zero-order valence-corrected chi connectivity index (χ0v) is 19.7. The molecule has 0 atom stereocenters. The molecule has 5 nitrogen and oxygen atoms in total. The van der Waals surface area contributed by atoms with Gasteiger partial charge in [-0.1, -0.05) is 0 Å². The van der Waals surface area contributed by atoms with E-state index in [1.165, 1.54) is 31.4 Å². The molecule has 0 bridgehead atoms. The fourth-order valence-corrected chi connectivity index (χ4v) is 10.1. The van der Waals surface area contributed by atoms with Crippen LogP contribution in [0.15, 0.2) is 120 Å². The molecule has 0 aliphatic heterocycles. The number of rotatable bonds is 7. The Morgan fingerprint density at radius 3 is 1.55 bits per heavy atom. The molecule has 168 valence electrons. The van der Waals surface area contributed by atoms with Gasteiger partial charge >= 0.3 is 194 Å². The van der Waals surface area contributed by atoms with Gasteiger partial charge < -0.3 is 0 Å². The molecule has 7 heteroatoms. The molecular weight excluding hydrogens is 455 g/mol. The van der Waals surface area contributed by atoms with E-state index in [9.17, 15) is 13.2 Å². The molecule has 0 saturated carbocycles. The number of esters is 1. The Hall–Kier alpha value is -3.31. The topological polar surface area (TPSA) is 69.7 Å². The van der Waals surface area contributed by atoms with Gasteiger partial charge in [0.1, 0.15) is 0 Å². The van der Waals surface area contributed by atoms with E-state index in [1.54, 1.807) is 0 Å². The van der Waals surface area contributed by atoms with Crippen molar-refractivity contribution in [3.63, 3.8) is 0 Å². The Balaban J connectivity index is 1.96. The fraction of sp³-hybridized carbons (Fsp3) is 0.0385. The van der Waals surface area contributed by atoms with Crippen LogP contribution in [-0.2, 0) is 18.8 Å². The monoisotopic (exact) mass is 478 g/mol. The van der Waals surface area contributed by atoms with Crippen molar-refractivity contribution >= 4 is 39.5 Å². The van der Waals surface area contributed by atoms with E-state index in [4.69, 9.17) is 8.71 Å². The molecule has 0 amide bonds. The van der Waals surface area contributed by atoms with Crippen LogP contribution in [-0.4, -0.2) is 21.5 Å². The molecular formula is C26H23O5PS. The van der Waals surface area contributed by atoms with Gasteiger partial charge in [0.25, 0.3) is 0 Å². The molecule has 0 fully saturated rings. The van der Waals surface area contributed by atoms with E-state index in [0.717, 1.165) is 15.9 Å².